The molecule has 0 aromatic heterocycles. The predicted molar refractivity (Wildman–Crippen MR) is 82.6 cm³/mol. The van der Waals surface area contributed by atoms with E-state index in [1.807, 2.05) is 24.9 Å². The summed E-state index contributed by atoms with van der Waals surface area (Å²) in [5, 5.41) is 0. The monoisotopic (exact) mass is 265 g/mol. The summed E-state index contributed by atoms with van der Waals surface area (Å²) >= 11 is 0. The van der Waals surface area contributed by atoms with Crippen molar-refractivity contribution in [2.45, 2.75) is 6.92 Å². The molecule has 0 atom stereocenters. The molecule has 1 aliphatic heterocycles. The van der Waals surface area contributed by atoms with E-state index in [1.54, 1.807) is 0 Å². The normalized spacial score (nSPS) is 19.2. The standard InChI is InChI=1S/C18H19NO/c1-3-20-17-13-16(15-7-5-4-6-8-15)14-18(17)9-11-19(2)12-10-18/h4-14H,3H2,1-2H3. The molecule has 1 aliphatic carbocycles. The second-order valence-corrected chi connectivity index (χ2v) is 5.14. The summed E-state index contributed by atoms with van der Waals surface area (Å²) in [7, 11) is 2.03. The Morgan fingerprint density at radius 1 is 1.10 bits per heavy atom. The molecule has 3 rings (SSSR count). The maximum Gasteiger partial charge on any atom is 0.114 e. The SMILES string of the molecule is CCOC1=CC(c2ccccc2)=CC12C=CN(C)C=C2. The lowest BCUT2D eigenvalue weighted by atomic mass is 9.86. The first-order chi connectivity index (χ1) is 9.73. The van der Waals surface area contributed by atoms with Crippen LogP contribution in [0.4, 0.5) is 0 Å². The van der Waals surface area contributed by atoms with Crippen LogP contribution >= 0.6 is 0 Å². The molecule has 1 aromatic carbocycles. The fraction of sp³-hybridized carbons (Fsp3) is 0.222. The number of hydrogen-bond acceptors (Lipinski definition) is 2. The van der Waals surface area contributed by atoms with Gasteiger partial charge in [-0.25, -0.2) is 0 Å². The second-order valence-electron chi connectivity index (χ2n) is 5.14. The molecule has 0 N–H and O–H groups in total. The molecule has 2 aliphatic rings. The van der Waals surface area contributed by atoms with Crippen LogP contribution in [0.2, 0.25) is 0 Å². The molecule has 1 heterocycles. The van der Waals surface area contributed by atoms with Crippen LogP contribution in [0, 0.1) is 5.41 Å². The summed E-state index contributed by atoms with van der Waals surface area (Å²) in [6.07, 6.45) is 13.0. The van der Waals surface area contributed by atoms with Crippen LogP contribution in [0.1, 0.15) is 12.5 Å². The fourth-order valence-corrected chi connectivity index (χ4v) is 2.60. The van der Waals surface area contributed by atoms with Crippen molar-refractivity contribution in [1.82, 2.24) is 4.90 Å². The van der Waals surface area contributed by atoms with E-state index in [-0.39, 0.29) is 5.41 Å². The lowest BCUT2D eigenvalue weighted by Crippen LogP contribution is -2.20. The summed E-state index contributed by atoms with van der Waals surface area (Å²) in [6, 6.07) is 10.4. The molecule has 0 saturated carbocycles. The molecule has 20 heavy (non-hydrogen) atoms. The van der Waals surface area contributed by atoms with Crippen LogP contribution in [-0.4, -0.2) is 18.6 Å². The van der Waals surface area contributed by atoms with E-state index in [0.29, 0.717) is 6.61 Å². The number of allylic oxidation sites excluding steroid dienone is 3. The zero-order chi connectivity index (χ0) is 14.0. The van der Waals surface area contributed by atoms with E-state index in [4.69, 9.17) is 4.74 Å². The van der Waals surface area contributed by atoms with Crippen LogP contribution < -0.4 is 0 Å². The van der Waals surface area contributed by atoms with E-state index in [2.05, 4.69) is 61.0 Å². The zero-order valence-corrected chi connectivity index (χ0v) is 11.9. The maximum absolute atomic E-state index is 5.87. The highest BCUT2D eigenvalue weighted by molar-refractivity contribution is 5.80. The molecule has 1 spiro atoms. The van der Waals surface area contributed by atoms with Gasteiger partial charge in [-0.05, 0) is 36.3 Å². The first kappa shape index (κ1) is 12.8. The largest absolute Gasteiger partial charge is 0.497 e. The van der Waals surface area contributed by atoms with Crippen molar-refractivity contribution in [3.8, 4) is 0 Å². The summed E-state index contributed by atoms with van der Waals surface area (Å²) < 4.78 is 5.87. The minimum Gasteiger partial charge on any atom is -0.497 e. The van der Waals surface area contributed by atoms with Gasteiger partial charge in [0.15, 0.2) is 0 Å². The molecule has 2 heteroatoms. The highest BCUT2D eigenvalue weighted by Gasteiger charge is 2.35. The van der Waals surface area contributed by atoms with E-state index in [9.17, 15) is 0 Å². The molecule has 0 saturated heterocycles. The highest BCUT2D eigenvalue weighted by Crippen LogP contribution is 2.44. The molecule has 1 aromatic rings. The number of ether oxygens (including phenoxy) is 1. The Labute approximate surface area is 120 Å². The lowest BCUT2D eigenvalue weighted by molar-refractivity contribution is 0.196. The van der Waals surface area contributed by atoms with Crippen LogP contribution in [0.3, 0.4) is 0 Å². The van der Waals surface area contributed by atoms with Crippen LogP contribution in [-0.2, 0) is 4.74 Å². The lowest BCUT2D eigenvalue weighted by Gasteiger charge is -2.28. The summed E-state index contributed by atoms with van der Waals surface area (Å²) in [5.74, 6) is 0.999. The fourth-order valence-electron chi connectivity index (χ4n) is 2.60. The highest BCUT2D eigenvalue weighted by atomic mass is 16.5. The van der Waals surface area contributed by atoms with Gasteiger partial charge in [0.25, 0.3) is 0 Å². The molecule has 0 unspecified atom stereocenters. The summed E-state index contributed by atoms with van der Waals surface area (Å²) in [6.45, 7) is 2.71. The third-order valence-corrected chi connectivity index (χ3v) is 3.69. The molecule has 102 valence electrons. The van der Waals surface area contributed by atoms with Crippen molar-refractivity contribution in [3.63, 3.8) is 0 Å². The molecule has 0 radical (unpaired) electrons. The van der Waals surface area contributed by atoms with E-state index in [1.165, 1.54) is 11.1 Å². The Morgan fingerprint density at radius 2 is 1.80 bits per heavy atom. The van der Waals surface area contributed by atoms with Crippen molar-refractivity contribution in [1.29, 1.82) is 0 Å². The quantitative estimate of drug-likeness (QED) is 0.820. The minimum atomic E-state index is -0.228. The van der Waals surface area contributed by atoms with E-state index in [0.717, 1.165) is 5.76 Å². The number of hydrogen-bond donors (Lipinski definition) is 0. The minimum absolute atomic E-state index is 0.228. The van der Waals surface area contributed by atoms with Crippen molar-refractivity contribution in [2.75, 3.05) is 13.7 Å². The molecular formula is C18H19NO. The van der Waals surface area contributed by atoms with Gasteiger partial charge in [0.1, 0.15) is 5.76 Å². The van der Waals surface area contributed by atoms with Gasteiger partial charge in [-0.1, -0.05) is 36.4 Å². The Hall–Kier alpha value is -2.22. The molecule has 0 amide bonds. The van der Waals surface area contributed by atoms with Gasteiger partial charge < -0.3 is 9.64 Å². The van der Waals surface area contributed by atoms with Crippen molar-refractivity contribution < 1.29 is 4.74 Å². The number of rotatable bonds is 3. The first-order valence-electron chi connectivity index (χ1n) is 6.97. The average molecular weight is 265 g/mol. The van der Waals surface area contributed by atoms with Crippen molar-refractivity contribution >= 4 is 5.57 Å². The smallest absolute Gasteiger partial charge is 0.114 e. The number of benzene rings is 1. The first-order valence-corrected chi connectivity index (χ1v) is 6.97. The van der Waals surface area contributed by atoms with E-state index < -0.39 is 0 Å². The Morgan fingerprint density at radius 3 is 2.45 bits per heavy atom. The Kier molecular flexibility index (Phi) is 3.23. The molecule has 2 nitrogen and oxygen atoms in total. The van der Waals surface area contributed by atoms with Gasteiger partial charge in [-0.3, -0.25) is 0 Å². The van der Waals surface area contributed by atoms with Gasteiger partial charge in [0.05, 0.1) is 12.0 Å². The average Bonchev–Trinajstić information content (AvgIpc) is 2.83. The predicted octanol–water partition coefficient (Wildman–Crippen LogP) is 3.96. The van der Waals surface area contributed by atoms with E-state index >= 15 is 0 Å². The van der Waals surface area contributed by atoms with Gasteiger partial charge in [0.2, 0.25) is 0 Å². The van der Waals surface area contributed by atoms with Gasteiger partial charge >= 0.3 is 0 Å². The van der Waals surface area contributed by atoms with Gasteiger partial charge in [0, 0.05) is 19.4 Å². The van der Waals surface area contributed by atoms with Crippen LogP contribution in [0.25, 0.3) is 5.57 Å². The molecule has 0 fully saturated rings. The second kappa shape index (κ2) is 5.04. The van der Waals surface area contributed by atoms with Crippen LogP contribution in [0.15, 0.2) is 72.8 Å². The molecular weight excluding hydrogens is 246 g/mol. The third kappa shape index (κ3) is 2.18. The van der Waals surface area contributed by atoms with Crippen molar-refractivity contribution in [2.24, 2.45) is 5.41 Å². The summed E-state index contributed by atoms with van der Waals surface area (Å²) in [5.41, 5.74) is 2.21. The third-order valence-electron chi connectivity index (χ3n) is 3.69. The topological polar surface area (TPSA) is 12.5 Å². The van der Waals surface area contributed by atoms with Gasteiger partial charge in [-0.2, -0.15) is 0 Å². The Bertz CT molecular complexity index is 594. The zero-order valence-electron chi connectivity index (χ0n) is 11.9. The van der Waals surface area contributed by atoms with Crippen molar-refractivity contribution in [3.05, 3.63) is 78.4 Å². The summed E-state index contributed by atoms with van der Waals surface area (Å²) in [4.78, 5) is 2.04. The molecule has 0 bridgehead atoms. The maximum atomic E-state index is 5.87. The van der Waals surface area contributed by atoms with Crippen LogP contribution in [0.5, 0.6) is 0 Å². The number of nitrogens with zero attached hydrogens (tertiary/aromatic N) is 1. The van der Waals surface area contributed by atoms with Gasteiger partial charge in [-0.15, -0.1) is 0 Å². The Balaban J connectivity index is 2.02.